The Morgan fingerprint density at radius 2 is 2.12 bits per heavy atom. The van der Waals surface area contributed by atoms with Gasteiger partial charge < -0.3 is 10.6 Å². The van der Waals surface area contributed by atoms with Crippen molar-refractivity contribution in [2.75, 3.05) is 18.1 Å². The van der Waals surface area contributed by atoms with E-state index in [1.807, 2.05) is 37.4 Å². The Bertz CT molecular complexity index is 736. The molecule has 0 aliphatic heterocycles. The minimum absolute atomic E-state index is 0.145. The first kappa shape index (κ1) is 16.9. The van der Waals surface area contributed by atoms with Crippen molar-refractivity contribution in [3.63, 3.8) is 0 Å². The maximum atomic E-state index is 12.2. The van der Waals surface area contributed by atoms with E-state index in [-0.39, 0.29) is 11.4 Å². The number of amides is 2. The highest BCUT2D eigenvalue weighted by molar-refractivity contribution is 7.98. The standard InChI is InChI=1S/C18H24N4OS/c1-13-9-14(2)22(21-13)12-18(7-8-18)11-19-17(23)20-15-5-4-6-16(10-15)24-3/h4-6,9-10H,7-8,11-12H2,1-3H3,(H2,19,20,23). The van der Waals surface area contributed by atoms with Crippen molar-refractivity contribution in [1.29, 1.82) is 0 Å². The summed E-state index contributed by atoms with van der Waals surface area (Å²) in [6.07, 6.45) is 4.29. The number of thioether (sulfide) groups is 1. The van der Waals surface area contributed by atoms with E-state index in [1.54, 1.807) is 11.8 Å². The predicted octanol–water partition coefficient (Wildman–Crippen LogP) is 3.82. The molecule has 1 aromatic heterocycles. The molecule has 0 saturated heterocycles. The molecule has 2 aromatic rings. The van der Waals surface area contributed by atoms with E-state index < -0.39 is 0 Å². The number of carbonyl (C=O) groups is 1. The van der Waals surface area contributed by atoms with E-state index in [0.717, 1.165) is 35.7 Å². The van der Waals surface area contributed by atoms with Crippen molar-refractivity contribution in [2.45, 2.75) is 38.1 Å². The molecule has 0 bridgehead atoms. The van der Waals surface area contributed by atoms with Crippen molar-refractivity contribution in [3.05, 3.63) is 41.7 Å². The molecule has 1 heterocycles. The number of anilines is 1. The summed E-state index contributed by atoms with van der Waals surface area (Å²) in [5.41, 5.74) is 3.20. The molecule has 2 N–H and O–H groups in total. The number of hydrogen-bond donors (Lipinski definition) is 2. The van der Waals surface area contributed by atoms with Gasteiger partial charge in [-0.05, 0) is 57.2 Å². The number of benzene rings is 1. The van der Waals surface area contributed by atoms with Crippen LogP contribution < -0.4 is 10.6 Å². The van der Waals surface area contributed by atoms with Gasteiger partial charge in [0.25, 0.3) is 0 Å². The quantitative estimate of drug-likeness (QED) is 0.783. The maximum absolute atomic E-state index is 12.2. The van der Waals surface area contributed by atoms with Gasteiger partial charge in [0.15, 0.2) is 0 Å². The average molecular weight is 344 g/mol. The molecule has 1 fully saturated rings. The fourth-order valence-electron chi connectivity index (χ4n) is 2.86. The molecular formula is C18H24N4OS. The van der Waals surface area contributed by atoms with E-state index in [9.17, 15) is 4.79 Å². The zero-order valence-corrected chi connectivity index (χ0v) is 15.2. The van der Waals surface area contributed by atoms with Crippen LogP contribution in [0, 0.1) is 19.3 Å². The fraction of sp³-hybridized carbons (Fsp3) is 0.444. The third kappa shape index (κ3) is 4.12. The molecule has 6 heteroatoms. The van der Waals surface area contributed by atoms with Gasteiger partial charge in [-0.25, -0.2) is 4.79 Å². The number of nitrogens with one attached hydrogen (secondary N) is 2. The second-order valence-corrected chi connectivity index (χ2v) is 7.50. The molecule has 0 radical (unpaired) electrons. The van der Waals surface area contributed by atoms with Crippen LogP contribution in [0.1, 0.15) is 24.2 Å². The minimum Gasteiger partial charge on any atom is -0.337 e. The predicted molar refractivity (Wildman–Crippen MR) is 98.6 cm³/mol. The van der Waals surface area contributed by atoms with E-state index in [4.69, 9.17) is 0 Å². The van der Waals surface area contributed by atoms with Crippen molar-refractivity contribution >= 4 is 23.5 Å². The van der Waals surface area contributed by atoms with Gasteiger partial charge in [0.1, 0.15) is 0 Å². The fourth-order valence-corrected chi connectivity index (χ4v) is 3.32. The maximum Gasteiger partial charge on any atom is 0.319 e. The third-order valence-electron chi connectivity index (χ3n) is 4.50. The van der Waals surface area contributed by atoms with Crippen molar-refractivity contribution in [2.24, 2.45) is 5.41 Å². The molecular weight excluding hydrogens is 320 g/mol. The van der Waals surface area contributed by atoms with Crippen LogP contribution in [0.3, 0.4) is 0 Å². The summed E-state index contributed by atoms with van der Waals surface area (Å²) in [5.74, 6) is 0. The van der Waals surface area contributed by atoms with Crippen LogP contribution in [0.25, 0.3) is 0 Å². The second-order valence-electron chi connectivity index (χ2n) is 6.62. The van der Waals surface area contributed by atoms with Crippen molar-refractivity contribution < 1.29 is 4.79 Å². The Balaban J connectivity index is 1.53. The molecule has 24 heavy (non-hydrogen) atoms. The van der Waals surface area contributed by atoms with Crippen LogP contribution in [0.4, 0.5) is 10.5 Å². The lowest BCUT2D eigenvalue weighted by Crippen LogP contribution is -2.35. The van der Waals surface area contributed by atoms with Crippen molar-refractivity contribution in [3.8, 4) is 0 Å². The third-order valence-corrected chi connectivity index (χ3v) is 5.22. The number of aromatic nitrogens is 2. The van der Waals surface area contributed by atoms with Crippen molar-refractivity contribution in [1.82, 2.24) is 15.1 Å². The molecule has 1 aromatic carbocycles. The summed E-state index contributed by atoms with van der Waals surface area (Å²) >= 11 is 1.66. The van der Waals surface area contributed by atoms with Crippen LogP contribution >= 0.6 is 11.8 Å². The molecule has 5 nitrogen and oxygen atoms in total. The Hall–Kier alpha value is -1.95. The summed E-state index contributed by atoms with van der Waals surface area (Å²) in [7, 11) is 0. The van der Waals surface area contributed by atoms with Gasteiger partial charge >= 0.3 is 6.03 Å². The van der Waals surface area contributed by atoms with Crippen LogP contribution in [-0.2, 0) is 6.54 Å². The molecule has 1 aliphatic carbocycles. The largest absolute Gasteiger partial charge is 0.337 e. The highest BCUT2D eigenvalue weighted by Gasteiger charge is 2.43. The van der Waals surface area contributed by atoms with Gasteiger partial charge in [0, 0.05) is 34.8 Å². The van der Waals surface area contributed by atoms with Gasteiger partial charge in [-0.15, -0.1) is 11.8 Å². The lowest BCUT2D eigenvalue weighted by molar-refractivity contribution is 0.247. The second kappa shape index (κ2) is 6.89. The zero-order valence-electron chi connectivity index (χ0n) is 14.4. The van der Waals surface area contributed by atoms with Gasteiger partial charge in [0.05, 0.1) is 5.69 Å². The molecule has 0 spiro atoms. The zero-order chi connectivity index (χ0) is 17.2. The number of rotatable bonds is 6. The Labute approximate surface area is 147 Å². The van der Waals surface area contributed by atoms with Crippen LogP contribution in [0.15, 0.2) is 35.2 Å². The van der Waals surface area contributed by atoms with E-state index >= 15 is 0 Å². The number of aryl methyl sites for hydroxylation is 2. The van der Waals surface area contributed by atoms with Gasteiger partial charge in [0.2, 0.25) is 0 Å². The van der Waals surface area contributed by atoms with Crippen LogP contribution in [0.2, 0.25) is 0 Å². The summed E-state index contributed by atoms with van der Waals surface area (Å²) in [6, 6.07) is 9.81. The Morgan fingerprint density at radius 3 is 2.75 bits per heavy atom. The Kier molecular flexibility index (Phi) is 4.85. The Morgan fingerprint density at radius 1 is 1.33 bits per heavy atom. The number of urea groups is 1. The summed E-state index contributed by atoms with van der Waals surface area (Å²) in [6.45, 7) is 5.64. The van der Waals surface area contributed by atoms with E-state index in [0.29, 0.717) is 6.54 Å². The first-order chi connectivity index (χ1) is 11.5. The monoisotopic (exact) mass is 344 g/mol. The smallest absolute Gasteiger partial charge is 0.319 e. The molecule has 0 atom stereocenters. The summed E-state index contributed by atoms with van der Waals surface area (Å²) in [4.78, 5) is 13.3. The van der Waals surface area contributed by atoms with Gasteiger partial charge in [-0.1, -0.05) is 6.07 Å². The summed E-state index contributed by atoms with van der Waals surface area (Å²) < 4.78 is 2.06. The molecule has 3 rings (SSSR count). The molecule has 1 aliphatic rings. The first-order valence-corrected chi connectivity index (χ1v) is 9.42. The molecule has 0 unspecified atom stereocenters. The summed E-state index contributed by atoms with van der Waals surface area (Å²) in [5, 5.41) is 10.5. The average Bonchev–Trinajstić information content (AvgIpc) is 3.25. The van der Waals surface area contributed by atoms with Crippen LogP contribution in [-0.4, -0.2) is 28.6 Å². The lowest BCUT2D eigenvalue weighted by atomic mass is 10.1. The van der Waals surface area contributed by atoms with E-state index in [2.05, 4.69) is 33.4 Å². The molecule has 1 saturated carbocycles. The van der Waals surface area contributed by atoms with Gasteiger partial charge in [-0.3, -0.25) is 4.68 Å². The lowest BCUT2D eigenvalue weighted by Gasteiger charge is -2.17. The molecule has 128 valence electrons. The highest BCUT2D eigenvalue weighted by Crippen LogP contribution is 2.46. The number of carbonyl (C=O) groups excluding carboxylic acids is 1. The topological polar surface area (TPSA) is 59.0 Å². The van der Waals surface area contributed by atoms with E-state index in [1.165, 1.54) is 5.69 Å². The SMILES string of the molecule is CSc1cccc(NC(=O)NCC2(Cn3nc(C)cc3C)CC2)c1. The van der Waals surface area contributed by atoms with Crippen LogP contribution in [0.5, 0.6) is 0 Å². The highest BCUT2D eigenvalue weighted by atomic mass is 32.2. The normalized spacial score (nSPS) is 15.1. The molecule has 2 amide bonds. The minimum atomic E-state index is -0.145. The van der Waals surface area contributed by atoms with Gasteiger partial charge in [-0.2, -0.15) is 5.10 Å². The first-order valence-electron chi connectivity index (χ1n) is 8.20. The number of hydrogen-bond acceptors (Lipinski definition) is 3. The number of nitrogens with zero attached hydrogens (tertiary/aromatic N) is 2.